The second kappa shape index (κ2) is 15.2. The largest absolute Gasteiger partial charge is 0.234 e. The second-order valence-corrected chi connectivity index (χ2v) is 3.04. The number of hydrogen-bond donors (Lipinski definition) is 1. The van der Waals surface area contributed by atoms with Gasteiger partial charge in [0.25, 0.3) is 0 Å². The zero-order chi connectivity index (χ0) is 13.4. The van der Waals surface area contributed by atoms with Gasteiger partial charge in [0.1, 0.15) is 0 Å². The van der Waals surface area contributed by atoms with Crippen molar-refractivity contribution in [2.75, 3.05) is 6.54 Å². The zero-order valence-electron chi connectivity index (χ0n) is 11.0. The quantitative estimate of drug-likeness (QED) is 0.402. The fraction of sp³-hybridized carbons (Fsp3) is 0.818. The summed E-state index contributed by atoms with van der Waals surface area (Å²) in [7, 11) is 0. The fourth-order valence-electron chi connectivity index (χ4n) is 1.21. The van der Waals surface area contributed by atoms with E-state index < -0.39 is 0 Å². The first kappa shape index (κ1) is 11.8. The van der Waals surface area contributed by atoms with Crippen molar-refractivity contribution in [2.24, 2.45) is 10.9 Å². The van der Waals surface area contributed by atoms with Crippen LogP contribution in [0, 0.1) is 11.3 Å². The Morgan fingerprint density at radius 2 is 2.00 bits per heavy atom. The zero-order valence-corrected chi connectivity index (χ0v) is 9.00. The number of carbonyl (C=O) groups excluding carboxylic acids is 2. The smallest absolute Gasteiger partial charge is 0.222 e. The average Bonchev–Trinajstić information content (AvgIpc) is 2.33. The van der Waals surface area contributed by atoms with Crippen LogP contribution < -0.4 is 0 Å². The van der Waals surface area contributed by atoms with Crippen molar-refractivity contribution in [3.63, 3.8) is 0 Å². The first-order chi connectivity index (χ1) is 8.26. The van der Waals surface area contributed by atoms with Crippen molar-refractivity contribution in [3.05, 3.63) is 0 Å². The van der Waals surface area contributed by atoms with Gasteiger partial charge in [0.2, 0.25) is 12.2 Å². The minimum absolute atomic E-state index is 0.411. The molecule has 0 radical (unpaired) electrons. The van der Waals surface area contributed by atoms with E-state index in [0.717, 1.165) is 38.2 Å². The van der Waals surface area contributed by atoms with Gasteiger partial charge in [-0.05, 0) is 18.8 Å². The van der Waals surface area contributed by atoms with Gasteiger partial charge >= 0.3 is 0 Å². The van der Waals surface area contributed by atoms with E-state index in [1.165, 1.54) is 0 Å². The molecule has 0 bridgehead atoms. The summed E-state index contributed by atoms with van der Waals surface area (Å²) >= 11 is 0. The van der Waals surface area contributed by atoms with Crippen LogP contribution >= 0.6 is 0 Å². The van der Waals surface area contributed by atoms with E-state index in [4.69, 9.17) is 12.9 Å². The summed E-state index contributed by atoms with van der Waals surface area (Å²) in [5.74, 6) is 0.411. The van der Waals surface area contributed by atoms with Gasteiger partial charge in [-0.1, -0.05) is 33.1 Å². The molecule has 0 saturated carbocycles. The van der Waals surface area contributed by atoms with Crippen LogP contribution in [0.4, 0.5) is 0 Å². The van der Waals surface area contributed by atoms with E-state index in [0.29, 0.717) is 26.3 Å². The third kappa shape index (κ3) is 15.5. The topological polar surface area (TPSA) is 70.3 Å². The lowest BCUT2D eigenvalue weighted by molar-refractivity contribution is 0.438. The molecule has 86 valence electrons. The molecule has 0 aliphatic heterocycles. The summed E-state index contributed by atoms with van der Waals surface area (Å²) < 4.78 is 14.1. The van der Waals surface area contributed by atoms with Crippen LogP contribution in [0.1, 0.15) is 48.6 Å². The Balaban J connectivity index is 0. The third-order valence-electron chi connectivity index (χ3n) is 1.89. The molecule has 0 aromatic rings. The lowest BCUT2D eigenvalue weighted by Gasteiger charge is -2.11. The molecular formula is C11H20N2O2. The van der Waals surface area contributed by atoms with Crippen molar-refractivity contribution in [3.8, 4) is 0 Å². The van der Waals surface area contributed by atoms with Crippen molar-refractivity contribution >= 4 is 12.2 Å². The summed E-state index contributed by atoms with van der Waals surface area (Å²) in [6.07, 6.45) is 7.11. The van der Waals surface area contributed by atoms with Crippen molar-refractivity contribution < 1.29 is 12.3 Å². The number of unbranched alkanes of at least 4 members (excludes halogenated alkanes) is 1. The molecule has 4 nitrogen and oxygen atoms in total. The summed E-state index contributed by atoms with van der Waals surface area (Å²) in [5, 5.41) is 5.40. The summed E-state index contributed by atoms with van der Waals surface area (Å²) in [5.41, 5.74) is 0. The first-order valence-electron chi connectivity index (χ1n) is 6.34. The Bertz CT molecular complexity index is 238. The fourth-order valence-corrected chi connectivity index (χ4v) is 1.21. The number of hydrogen-bond acceptors (Lipinski definition) is 4. The summed E-state index contributed by atoms with van der Waals surface area (Å²) in [4.78, 5) is 21.9. The number of aliphatic imine (C=N–C) groups is 1. The predicted octanol–water partition coefficient (Wildman–Crippen LogP) is 2.83. The monoisotopic (exact) mass is 214 g/mol. The maximum absolute atomic E-state index is 9.95. The Kier molecular flexibility index (Phi) is 12.0. The van der Waals surface area contributed by atoms with Gasteiger partial charge in [-0.25, -0.2) is 20.0 Å². The number of isocyanates is 2. The standard InChI is InChI=1S/C10H19NO.CHNO/c1-3-5-7-10(6-4-2)8-11-9-12;2-1-3/h10H,3-8H2,1-2H3;2H/i1D,2D;. The van der Waals surface area contributed by atoms with Gasteiger partial charge in [0.15, 0.2) is 0 Å². The molecule has 0 aromatic carbocycles. The average molecular weight is 214 g/mol. The first-order valence-corrected chi connectivity index (χ1v) is 4.92. The molecule has 0 aromatic heterocycles. The van der Waals surface area contributed by atoms with Crippen molar-refractivity contribution in [2.45, 2.75) is 45.9 Å². The van der Waals surface area contributed by atoms with E-state index in [9.17, 15) is 4.79 Å². The van der Waals surface area contributed by atoms with Crippen molar-refractivity contribution in [1.29, 1.82) is 5.41 Å². The molecule has 0 aliphatic carbocycles. The van der Waals surface area contributed by atoms with Crippen LogP contribution in [0.5, 0.6) is 0 Å². The molecule has 1 unspecified atom stereocenters. The van der Waals surface area contributed by atoms with Gasteiger partial charge < -0.3 is 0 Å². The van der Waals surface area contributed by atoms with Crippen LogP contribution in [0.2, 0.25) is 0 Å². The minimum atomic E-state index is 0.411. The maximum atomic E-state index is 9.95. The molecule has 0 rings (SSSR count). The highest BCUT2D eigenvalue weighted by Gasteiger charge is 2.05. The van der Waals surface area contributed by atoms with E-state index in [1.807, 2.05) is 0 Å². The Morgan fingerprint density at radius 1 is 1.33 bits per heavy atom. The van der Waals surface area contributed by atoms with Crippen LogP contribution in [0.3, 0.4) is 0 Å². The summed E-state index contributed by atoms with van der Waals surface area (Å²) in [6.45, 7) is 1.46. The van der Waals surface area contributed by atoms with Crippen LogP contribution in [-0.4, -0.2) is 18.7 Å². The molecule has 0 fully saturated rings. The molecule has 0 aliphatic rings. The van der Waals surface area contributed by atoms with Gasteiger partial charge in [-0.3, -0.25) is 0 Å². The van der Waals surface area contributed by atoms with Crippen LogP contribution in [-0.2, 0) is 9.59 Å². The van der Waals surface area contributed by atoms with E-state index in [1.54, 1.807) is 6.08 Å². The number of rotatable bonds is 7. The number of nitrogens with one attached hydrogen (secondary N) is 1. The highest BCUT2D eigenvalue weighted by molar-refractivity contribution is 5.32. The predicted molar refractivity (Wildman–Crippen MR) is 59.3 cm³/mol. The Labute approximate surface area is 94.1 Å². The molecule has 0 spiro atoms. The normalized spacial score (nSPS) is 12.0. The Hall–Kier alpha value is -1.24. The van der Waals surface area contributed by atoms with E-state index in [-0.39, 0.29) is 0 Å². The van der Waals surface area contributed by atoms with Crippen LogP contribution in [0.15, 0.2) is 4.99 Å². The molecule has 0 heterocycles. The molecule has 1 atom stereocenters. The van der Waals surface area contributed by atoms with Gasteiger partial charge in [0.05, 0.1) is 6.54 Å². The van der Waals surface area contributed by atoms with E-state index >= 15 is 0 Å². The molecular weight excluding hydrogens is 192 g/mol. The van der Waals surface area contributed by atoms with Gasteiger partial charge in [0, 0.05) is 2.74 Å². The lowest BCUT2D eigenvalue weighted by Crippen LogP contribution is -2.04. The highest BCUT2D eigenvalue weighted by atomic mass is 16.1. The van der Waals surface area contributed by atoms with Crippen molar-refractivity contribution in [1.82, 2.24) is 0 Å². The number of nitrogens with zero attached hydrogens (tertiary/aromatic N) is 1. The molecule has 4 heteroatoms. The molecule has 1 N–H and O–H groups in total. The molecule has 0 amide bonds. The summed E-state index contributed by atoms with van der Waals surface area (Å²) in [6, 6.07) is 0. The lowest BCUT2D eigenvalue weighted by atomic mass is 9.97. The Morgan fingerprint density at radius 3 is 2.53 bits per heavy atom. The van der Waals surface area contributed by atoms with Gasteiger partial charge in [-0.15, -0.1) is 0 Å². The molecule has 0 saturated heterocycles. The second-order valence-electron chi connectivity index (χ2n) is 3.04. The van der Waals surface area contributed by atoms with Crippen LogP contribution in [0.25, 0.3) is 0 Å². The molecule has 15 heavy (non-hydrogen) atoms. The van der Waals surface area contributed by atoms with E-state index in [2.05, 4.69) is 4.99 Å². The maximum Gasteiger partial charge on any atom is 0.234 e. The minimum Gasteiger partial charge on any atom is -0.222 e. The third-order valence-corrected chi connectivity index (χ3v) is 1.89. The highest BCUT2D eigenvalue weighted by Crippen LogP contribution is 2.14. The SMILES string of the molecule is N=C=O.[2H]CCCCC(CCC[2H])CN=C=O. The van der Waals surface area contributed by atoms with Gasteiger partial charge in [-0.2, -0.15) is 0 Å².